The number of hydrogen-bond acceptors (Lipinski definition) is 0. The standard InChI is InChI=1S/C20H30.C10H8.C5H12/c1-4-17(14-16(2)3)15-18-10-12-20(13-11-18)19-8-6-5-7-9-19;1-2-6-10-8-4-3-7-9(10)5-1;1-3-5-4-2/h4,10-12,19-20H,2,5-9,13-15H2,1,3H3;1-8H;3-5H2,1-2H3/b17-4-;;. The van der Waals surface area contributed by atoms with Crippen molar-refractivity contribution in [2.24, 2.45) is 11.8 Å². The maximum absolute atomic E-state index is 4.03. The second-order valence-electron chi connectivity index (χ2n) is 10.4. The summed E-state index contributed by atoms with van der Waals surface area (Å²) in [5, 5.41) is 2.62. The first-order valence-electron chi connectivity index (χ1n) is 14.2. The average molecular weight is 471 g/mol. The van der Waals surface area contributed by atoms with E-state index in [0.717, 1.165) is 24.7 Å². The number of fused-ring (bicyclic) bond motifs is 1. The minimum absolute atomic E-state index is 0.814. The molecule has 0 saturated heterocycles. The molecule has 4 rings (SSSR count). The van der Waals surface area contributed by atoms with Gasteiger partial charge in [0.2, 0.25) is 0 Å². The van der Waals surface area contributed by atoms with Crippen LogP contribution >= 0.6 is 0 Å². The second-order valence-corrected chi connectivity index (χ2v) is 10.4. The van der Waals surface area contributed by atoms with Gasteiger partial charge in [0.25, 0.3) is 0 Å². The van der Waals surface area contributed by atoms with Gasteiger partial charge >= 0.3 is 0 Å². The number of benzene rings is 2. The number of rotatable bonds is 7. The van der Waals surface area contributed by atoms with E-state index in [2.05, 4.69) is 107 Å². The van der Waals surface area contributed by atoms with Crippen LogP contribution in [0.3, 0.4) is 0 Å². The molecule has 0 aliphatic heterocycles. The summed E-state index contributed by atoms with van der Waals surface area (Å²) in [6, 6.07) is 16.7. The third kappa shape index (κ3) is 11.3. The predicted octanol–water partition coefficient (Wildman–Crippen LogP) is 11.4. The molecule has 2 aromatic rings. The fourth-order valence-electron chi connectivity index (χ4n) is 5.13. The highest BCUT2D eigenvalue weighted by Gasteiger charge is 2.22. The van der Waals surface area contributed by atoms with E-state index >= 15 is 0 Å². The van der Waals surface area contributed by atoms with Crippen molar-refractivity contribution >= 4 is 10.8 Å². The molecule has 0 N–H and O–H groups in total. The summed E-state index contributed by atoms with van der Waals surface area (Å²) in [5.74, 6) is 1.77. The summed E-state index contributed by atoms with van der Waals surface area (Å²) in [5.41, 5.74) is 4.27. The fourth-order valence-corrected chi connectivity index (χ4v) is 5.13. The van der Waals surface area contributed by atoms with Crippen molar-refractivity contribution in [3.8, 4) is 0 Å². The normalized spacial score (nSPS) is 18.1. The van der Waals surface area contributed by atoms with Gasteiger partial charge < -0.3 is 0 Å². The van der Waals surface area contributed by atoms with Gasteiger partial charge in [0.1, 0.15) is 0 Å². The summed E-state index contributed by atoms with van der Waals surface area (Å²) in [4.78, 5) is 0. The summed E-state index contributed by atoms with van der Waals surface area (Å²) >= 11 is 0. The molecule has 2 aliphatic rings. The molecule has 1 unspecified atom stereocenters. The lowest BCUT2D eigenvalue weighted by Crippen LogP contribution is -2.17. The SMILES string of the molecule is C=C(C)C/C(=C/C)CC1=CCC(C2CCCCC2)C=C1.CCCCC.c1ccc2ccccc2c1. The Labute approximate surface area is 216 Å². The Morgan fingerprint density at radius 3 is 1.89 bits per heavy atom. The number of hydrogen-bond donors (Lipinski definition) is 0. The highest BCUT2D eigenvalue weighted by molar-refractivity contribution is 5.82. The lowest BCUT2D eigenvalue weighted by Gasteiger charge is -2.29. The third-order valence-electron chi connectivity index (χ3n) is 7.20. The van der Waals surface area contributed by atoms with Gasteiger partial charge in [0.05, 0.1) is 0 Å². The molecule has 0 spiro atoms. The summed E-state index contributed by atoms with van der Waals surface area (Å²) in [6.07, 6.45) is 24.4. The van der Waals surface area contributed by atoms with Crippen LogP contribution in [-0.4, -0.2) is 0 Å². The minimum atomic E-state index is 0.814. The molecule has 190 valence electrons. The molecule has 0 bridgehead atoms. The van der Waals surface area contributed by atoms with Crippen LogP contribution < -0.4 is 0 Å². The van der Waals surface area contributed by atoms with Crippen molar-refractivity contribution in [1.82, 2.24) is 0 Å². The molecule has 2 aliphatic carbocycles. The van der Waals surface area contributed by atoms with E-state index in [4.69, 9.17) is 0 Å². The molecule has 1 saturated carbocycles. The average Bonchev–Trinajstić information content (AvgIpc) is 2.90. The molecule has 0 nitrogen and oxygen atoms in total. The fraction of sp³-hybridized carbons (Fsp3) is 0.486. The Morgan fingerprint density at radius 2 is 1.49 bits per heavy atom. The Hall–Kier alpha value is -2.34. The lowest BCUT2D eigenvalue weighted by atomic mass is 9.76. The van der Waals surface area contributed by atoms with Crippen LogP contribution in [0.25, 0.3) is 10.8 Å². The van der Waals surface area contributed by atoms with Gasteiger partial charge in [0, 0.05) is 0 Å². The molecule has 0 heterocycles. The van der Waals surface area contributed by atoms with E-state index in [9.17, 15) is 0 Å². The molecule has 35 heavy (non-hydrogen) atoms. The van der Waals surface area contributed by atoms with Crippen molar-refractivity contribution in [2.45, 2.75) is 98.3 Å². The first-order chi connectivity index (χ1) is 17.1. The molecule has 0 amide bonds. The maximum Gasteiger partial charge on any atom is -0.00673 e. The van der Waals surface area contributed by atoms with E-state index in [0.29, 0.717) is 0 Å². The lowest BCUT2D eigenvalue weighted by molar-refractivity contribution is 0.285. The van der Waals surface area contributed by atoms with Crippen molar-refractivity contribution < 1.29 is 0 Å². The predicted molar refractivity (Wildman–Crippen MR) is 159 cm³/mol. The highest BCUT2D eigenvalue weighted by atomic mass is 14.3. The van der Waals surface area contributed by atoms with Gasteiger partial charge in [-0.2, -0.15) is 0 Å². The van der Waals surface area contributed by atoms with Crippen LogP contribution in [-0.2, 0) is 0 Å². The smallest absolute Gasteiger partial charge is 0.00673 e. The highest BCUT2D eigenvalue weighted by Crippen LogP contribution is 2.35. The minimum Gasteiger partial charge on any atom is -0.0998 e. The Morgan fingerprint density at radius 1 is 0.914 bits per heavy atom. The van der Waals surface area contributed by atoms with Crippen LogP contribution in [0.4, 0.5) is 0 Å². The van der Waals surface area contributed by atoms with Gasteiger partial charge in [-0.05, 0) is 74.1 Å². The Balaban J connectivity index is 0.000000237. The van der Waals surface area contributed by atoms with Crippen LogP contribution in [0.1, 0.15) is 98.3 Å². The summed E-state index contributed by atoms with van der Waals surface area (Å²) in [7, 11) is 0. The third-order valence-corrected chi connectivity index (χ3v) is 7.20. The van der Waals surface area contributed by atoms with Crippen molar-refractivity contribution in [1.29, 1.82) is 0 Å². The van der Waals surface area contributed by atoms with Crippen molar-refractivity contribution in [2.75, 3.05) is 0 Å². The number of allylic oxidation sites excluding steroid dienone is 7. The van der Waals surface area contributed by atoms with Crippen LogP contribution in [0.15, 0.2) is 96.1 Å². The van der Waals surface area contributed by atoms with E-state index < -0.39 is 0 Å². The van der Waals surface area contributed by atoms with E-state index in [1.807, 2.05) is 0 Å². The Kier molecular flexibility index (Phi) is 14.2. The molecule has 0 heteroatoms. The molecule has 0 radical (unpaired) electrons. The molecular weight excluding hydrogens is 420 g/mol. The topological polar surface area (TPSA) is 0 Å². The summed E-state index contributed by atoms with van der Waals surface area (Å²) in [6.45, 7) is 12.7. The molecule has 0 aromatic heterocycles. The van der Waals surface area contributed by atoms with Crippen LogP contribution in [0.2, 0.25) is 0 Å². The molecular formula is C35H50. The summed E-state index contributed by atoms with van der Waals surface area (Å²) < 4.78 is 0. The first-order valence-corrected chi connectivity index (χ1v) is 14.2. The van der Waals surface area contributed by atoms with Crippen molar-refractivity contribution in [3.05, 3.63) is 96.1 Å². The van der Waals surface area contributed by atoms with Crippen LogP contribution in [0.5, 0.6) is 0 Å². The second kappa shape index (κ2) is 17.1. The quantitative estimate of drug-likeness (QED) is 0.353. The van der Waals surface area contributed by atoms with E-state index in [-0.39, 0.29) is 0 Å². The Bertz CT molecular complexity index is 881. The van der Waals surface area contributed by atoms with Gasteiger partial charge in [0.15, 0.2) is 0 Å². The van der Waals surface area contributed by atoms with E-state index in [1.165, 1.54) is 85.3 Å². The first kappa shape index (κ1) is 28.9. The van der Waals surface area contributed by atoms with Crippen molar-refractivity contribution in [3.63, 3.8) is 0 Å². The van der Waals surface area contributed by atoms with E-state index in [1.54, 1.807) is 0 Å². The van der Waals surface area contributed by atoms with Gasteiger partial charge in [-0.25, -0.2) is 0 Å². The largest absolute Gasteiger partial charge is 0.0998 e. The van der Waals surface area contributed by atoms with Crippen LogP contribution in [0, 0.1) is 11.8 Å². The zero-order chi connectivity index (χ0) is 25.3. The maximum atomic E-state index is 4.03. The van der Waals surface area contributed by atoms with Gasteiger partial charge in [-0.1, -0.05) is 143 Å². The van der Waals surface area contributed by atoms with Gasteiger partial charge in [-0.15, -0.1) is 0 Å². The molecule has 1 fully saturated rings. The monoisotopic (exact) mass is 470 g/mol. The molecule has 1 atom stereocenters. The zero-order valence-corrected chi connectivity index (χ0v) is 23.1. The number of unbranched alkanes of at least 4 members (excludes halogenated alkanes) is 2. The van der Waals surface area contributed by atoms with Gasteiger partial charge in [-0.3, -0.25) is 0 Å². The molecule has 2 aromatic carbocycles. The zero-order valence-electron chi connectivity index (χ0n) is 23.1.